The number of hydrogen-bond acceptors (Lipinski definition) is 5. The number of amides is 1. The van der Waals surface area contributed by atoms with Crippen LogP contribution < -0.4 is 4.90 Å². The lowest BCUT2D eigenvalue weighted by Gasteiger charge is -2.35. The van der Waals surface area contributed by atoms with Gasteiger partial charge in [-0.1, -0.05) is 12.1 Å². The smallest absolute Gasteiger partial charge is 0.356 e. The highest BCUT2D eigenvalue weighted by atomic mass is 16.4. The van der Waals surface area contributed by atoms with Crippen molar-refractivity contribution in [2.45, 2.75) is 39.3 Å². The lowest BCUT2D eigenvalue weighted by Crippen LogP contribution is -2.49. The molecule has 0 bridgehead atoms. The standard InChI is InChI=1S/C22H29N5O3/c1-16-5-6-18(20(14-16)26-8-3-4-17(26)2)15-24-10-12-25(13-11-24)22(30)27-9-7-19(23-27)21(28)29/h5-7,9,14,17H,3-4,8,10-13,15H2,1-2H3,(H,28,29)/t17-/m1/s1. The fourth-order valence-corrected chi connectivity index (χ4v) is 4.39. The Morgan fingerprint density at radius 3 is 2.53 bits per heavy atom. The lowest BCUT2D eigenvalue weighted by atomic mass is 10.1. The summed E-state index contributed by atoms with van der Waals surface area (Å²) in [5, 5.41) is 12.8. The second-order valence-corrected chi connectivity index (χ2v) is 8.31. The number of benzene rings is 1. The minimum absolute atomic E-state index is 0.120. The Labute approximate surface area is 176 Å². The molecule has 8 nitrogen and oxygen atoms in total. The van der Waals surface area contributed by atoms with E-state index in [1.54, 1.807) is 4.90 Å². The van der Waals surface area contributed by atoms with Gasteiger partial charge in [0.25, 0.3) is 0 Å². The van der Waals surface area contributed by atoms with Crippen molar-refractivity contribution in [3.8, 4) is 0 Å². The molecule has 0 aliphatic carbocycles. The Bertz CT molecular complexity index is 933. The van der Waals surface area contributed by atoms with E-state index in [0.717, 1.165) is 30.9 Å². The highest BCUT2D eigenvalue weighted by Gasteiger charge is 2.26. The van der Waals surface area contributed by atoms with E-state index in [0.29, 0.717) is 19.1 Å². The van der Waals surface area contributed by atoms with Gasteiger partial charge >= 0.3 is 12.0 Å². The van der Waals surface area contributed by atoms with Crippen molar-refractivity contribution in [2.24, 2.45) is 0 Å². The monoisotopic (exact) mass is 411 g/mol. The zero-order valence-corrected chi connectivity index (χ0v) is 17.6. The molecule has 0 spiro atoms. The van der Waals surface area contributed by atoms with Crippen LogP contribution in [0, 0.1) is 6.92 Å². The van der Waals surface area contributed by atoms with E-state index in [9.17, 15) is 9.59 Å². The van der Waals surface area contributed by atoms with Crippen LogP contribution >= 0.6 is 0 Å². The van der Waals surface area contributed by atoms with Gasteiger partial charge in [0.1, 0.15) is 0 Å². The van der Waals surface area contributed by atoms with Crippen LogP contribution in [0.3, 0.4) is 0 Å². The van der Waals surface area contributed by atoms with Crippen molar-refractivity contribution in [1.29, 1.82) is 0 Å². The number of aromatic carboxylic acids is 1. The van der Waals surface area contributed by atoms with Crippen LogP contribution in [-0.4, -0.2) is 75.5 Å². The van der Waals surface area contributed by atoms with Crippen LogP contribution in [0.15, 0.2) is 30.5 Å². The molecule has 0 unspecified atom stereocenters. The van der Waals surface area contributed by atoms with E-state index in [2.05, 4.69) is 46.9 Å². The van der Waals surface area contributed by atoms with E-state index in [1.165, 1.54) is 41.9 Å². The van der Waals surface area contributed by atoms with Crippen LogP contribution in [-0.2, 0) is 6.54 Å². The molecule has 3 heterocycles. The van der Waals surface area contributed by atoms with Gasteiger partial charge in [-0.05, 0) is 49.9 Å². The third-order valence-corrected chi connectivity index (χ3v) is 6.14. The first-order valence-electron chi connectivity index (χ1n) is 10.6. The fourth-order valence-electron chi connectivity index (χ4n) is 4.39. The molecule has 2 aliphatic rings. The van der Waals surface area contributed by atoms with Crippen molar-refractivity contribution in [1.82, 2.24) is 19.6 Å². The molecule has 1 aromatic heterocycles. The van der Waals surface area contributed by atoms with Crippen LogP contribution in [0.25, 0.3) is 0 Å². The van der Waals surface area contributed by atoms with Crippen LogP contribution in [0.4, 0.5) is 10.5 Å². The molecule has 1 atom stereocenters. The van der Waals surface area contributed by atoms with Gasteiger partial charge in [0.15, 0.2) is 5.69 Å². The molecule has 1 N–H and O–H groups in total. The molecule has 8 heteroatoms. The quantitative estimate of drug-likeness (QED) is 0.833. The zero-order valence-electron chi connectivity index (χ0n) is 17.6. The predicted molar refractivity (Wildman–Crippen MR) is 114 cm³/mol. The van der Waals surface area contributed by atoms with Crippen molar-refractivity contribution < 1.29 is 14.7 Å². The van der Waals surface area contributed by atoms with Gasteiger partial charge in [0.05, 0.1) is 0 Å². The minimum atomic E-state index is -1.13. The first-order valence-corrected chi connectivity index (χ1v) is 10.6. The molecule has 1 amide bonds. The Hall–Kier alpha value is -2.87. The number of rotatable bonds is 4. The Balaban J connectivity index is 1.39. The van der Waals surface area contributed by atoms with Gasteiger partial charge in [-0.2, -0.15) is 9.78 Å². The average molecular weight is 412 g/mol. The van der Waals surface area contributed by atoms with Crippen molar-refractivity contribution in [2.75, 3.05) is 37.6 Å². The number of aromatic nitrogens is 2. The van der Waals surface area contributed by atoms with E-state index < -0.39 is 5.97 Å². The molecular formula is C22H29N5O3. The molecule has 30 heavy (non-hydrogen) atoms. The van der Waals surface area contributed by atoms with Gasteiger partial charge in [-0.15, -0.1) is 0 Å². The summed E-state index contributed by atoms with van der Waals surface area (Å²) in [4.78, 5) is 30.2. The van der Waals surface area contributed by atoms with Crippen molar-refractivity contribution in [3.05, 3.63) is 47.3 Å². The summed E-state index contributed by atoms with van der Waals surface area (Å²) in [7, 11) is 0. The first-order chi connectivity index (χ1) is 14.4. The molecule has 2 aromatic rings. The highest BCUT2D eigenvalue weighted by Crippen LogP contribution is 2.30. The van der Waals surface area contributed by atoms with Gasteiger partial charge in [-0.3, -0.25) is 4.90 Å². The second kappa shape index (κ2) is 8.47. The number of aryl methyl sites for hydroxylation is 1. The Kier molecular flexibility index (Phi) is 5.76. The number of carboxylic acid groups (broad SMARTS) is 1. The van der Waals surface area contributed by atoms with E-state index in [-0.39, 0.29) is 11.7 Å². The van der Waals surface area contributed by atoms with Gasteiger partial charge in [0, 0.05) is 57.2 Å². The lowest BCUT2D eigenvalue weighted by molar-refractivity contribution is 0.0689. The maximum absolute atomic E-state index is 12.6. The third kappa shape index (κ3) is 4.18. The SMILES string of the molecule is Cc1ccc(CN2CCN(C(=O)n3ccc(C(=O)O)n3)CC2)c(N2CCC[C@H]2C)c1. The summed E-state index contributed by atoms with van der Waals surface area (Å²) in [5.74, 6) is -1.13. The number of hydrogen-bond donors (Lipinski definition) is 1. The fraction of sp³-hybridized carbons (Fsp3) is 0.500. The summed E-state index contributed by atoms with van der Waals surface area (Å²) < 4.78 is 1.12. The summed E-state index contributed by atoms with van der Waals surface area (Å²) >= 11 is 0. The van der Waals surface area contributed by atoms with Crippen LogP contribution in [0.5, 0.6) is 0 Å². The molecule has 1 aromatic carbocycles. The normalized spacial score (nSPS) is 20.0. The number of carbonyl (C=O) groups is 2. The predicted octanol–water partition coefficient (Wildman–Crippen LogP) is 2.66. The van der Waals surface area contributed by atoms with Gasteiger partial charge in [0.2, 0.25) is 0 Å². The number of anilines is 1. The number of carboxylic acids is 1. The van der Waals surface area contributed by atoms with Gasteiger partial charge < -0.3 is 14.9 Å². The number of carbonyl (C=O) groups excluding carboxylic acids is 1. The van der Waals surface area contributed by atoms with Crippen LogP contribution in [0.2, 0.25) is 0 Å². The Morgan fingerprint density at radius 2 is 1.90 bits per heavy atom. The summed E-state index contributed by atoms with van der Waals surface area (Å²) in [6.45, 7) is 9.18. The minimum Gasteiger partial charge on any atom is -0.476 e. The average Bonchev–Trinajstić information content (AvgIpc) is 3.39. The molecular weight excluding hydrogens is 382 g/mol. The molecule has 2 aliphatic heterocycles. The topological polar surface area (TPSA) is 81.9 Å². The summed E-state index contributed by atoms with van der Waals surface area (Å²) in [6, 6.07) is 8.36. The molecule has 0 radical (unpaired) electrons. The van der Waals surface area contributed by atoms with Crippen molar-refractivity contribution in [3.63, 3.8) is 0 Å². The Morgan fingerprint density at radius 1 is 1.13 bits per heavy atom. The molecule has 0 saturated carbocycles. The molecule has 2 saturated heterocycles. The van der Waals surface area contributed by atoms with E-state index in [1.807, 2.05) is 0 Å². The summed E-state index contributed by atoms with van der Waals surface area (Å²) in [5.41, 5.74) is 3.84. The highest BCUT2D eigenvalue weighted by molar-refractivity contribution is 5.86. The second-order valence-electron chi connectivity index (χ2n) is 8.31. The molecule has 2 fully saturated rings. The van der Waals surface area contributed by atoms with Gasteiger partial charge in [-0.25, -0.2) is 9.59 Å². The number of piperazine rings is 1. The maximum Gasteiger partial charge on any atom is 0.356 e. The summed E-state index contributed by atoms with van der Waals surface area (Å²) in [6.07, 6.45) is 3.89. The molecule has 4 rings (SSSR count). The van der Waals surface area contributed by atoms with E-state index >= 15 is 0 Å². The first kappa shape index (κ1) is 20.4. The zero-order chi connectivity index (χ0) is 21.3. The van der Waals surface area contributed by atoms with Crippen LogP contribution in [0.1, 0.15) is 41.4 Å². The largest absolute Gasteiger partial charge is 0.476 e. The van der Waals surface area contributed by atoms with Crippen molar-refractivity contribution >= 4 is 17.7 Å². The molecule has 160 valence electrons. The third-order valence-electron chi connectivity index (χ3n) is 6.14. The number of nitrogens with zero attached hydrogens (tertiary/aromatic N) is 5. The maximum atomic E-state index is 12.6. The van der Waals surface area contributed by atoms with E-state index in [4.69, 9.17) is 5.11 Å².